The van der Waals surface area contributed by atoms with Crippen LogP contribution in [-0.2, 0) is 52.2 Å². The smallest absolute Gasteiger partial charge is 0.221 e. The lowest BCUT2D eigenvalue weighted by Gasteiger charge is -2.09. The highest BCUT2D eigenvalue weighted by Gasteiger charge is 1.99. The zero-order valence-corrected chi connectivity index (χ0v) is 33.8. The number of carbonyl (C=O) groups is 1. The molecule has 0 aliphatic carbocycles. The van der Waals surface area contributed by atoms with Crippen LogP contribution in [0.3, 0.4) is 0 Å². The number of anilines is 1. The van der Waals surface area contributed by atoms with Crippen molar-refractivity contribution in [3.63, 3.8) is 0 Å². The van der Waals surface area contributed by atoms with Crippen molar-refractivity contribution in [1.29, 1.82) is 0 Å². The number of amides is 1. The predicted molar refractivity (Wildman–Crippen MR) is 211 cm³/mol. The Morgan fingerprint density at radius 1 is 0.389 bits per heavy atom. The van der Waals surface area contributed by atoms with Gasteiger partial charge in [0.2, 0.25) is 5.91 Å². The maximum Gasteiger partial charge on any atom is 0.221 e. The molecule has 0 fully saturated rings. The monoisotopic (exact) mass is 774 g/mol. The molecule has 1 aromatic carbocycles. The molecule has 0 saturated heterocycles. The van der Waals surface area contributed by atoms with E-state index in [1.807, 2.05) is 0 Å². The Labute approximate surface area is 326 Å². The van der Waals surface area contributed by atoms with E-state index in [4.69, 9.17) is 52.1 Å². The summed E-state index contributed by atoms with van der Waals surface area (Å²) < 4.78 is 60.9. The molecule has 0 spiro atoms. The lowest BCUT2D eigenvalue weighted by Crippen LogP contribution is -2.15. The Morgan fingerprint density at radius 2 is 0.667 bits per heavy atom. The summed E-state index contributed by atoms with van der Waals surface area (Å²) in [6.07, 6.45) is 14.8. The quantitative estimate of drug-likeness (QED) is 0.0727. The largest absolute Gasteiger partial charge is 0.491 e. The topological polar surface area (TPSA) is 131 Å². The van der Waals surface area contributed by atoms with Crippen LogP contribution in [0.2, 0.25) is 0 Å². The highest BCUT2D eigenvalue weighted by Crippen LogP contribution is 2.15. The molecule has 0 atom stereocenters. The molecule has 0 unspecified atom stereocenters. The lowest BCUT2D eigenvalue weighted by atomic mass is 10.1. The van der Waals surface area contributed by atoms with Crippen molar-refractivity contribution >= 4 is 11.6 Å². The summed E-state index contributed by atoms with van der Waals surface area (Å²) in [6, 6.07) is 7.19. The second kappa shape index (κ2) is 42.2. The fourth-order valence-corrected chi connectivity index (χ4v) is 5.01. The molecule has 1 rings (SSSR count). The van der Waals surface area contributed by atoms with E-state index in [1.54, 1.807) is 24.3 Å². The SMILES string of the molecule is CCCCCCCCCCCCCOCCOCCOCCOCCOCCOCCOCCOCCOCCOCCOc1ccc(NC(C)=O)cc1. The van der Waals surface area contributed by atoms with Crippen molar-refractivity contribution in [2.24, 2.45) is 0 Å². The average Bonchev–Trinajstić information content (AvgIpc) is 3.17. The second-order valence-corrected chi connectivity index (χ2v) is 12.7. The predicted octanol–water partition coefficient (Wildman–Crippen LogP) is 6.50. The number of carbonyl (C=O) groups excluding carboxylic acids is 1. The number of benzene rings is 1. The zero-order valence-electron chi connectivity index (χ0n) is 33.8. The molecule has 13 nitrogen and oxygen atoms in total. The van der Waals surface area contributed by atoms with Crippen LogP contribution in [0.4, 0.5) is 5.69 Å². The molecule has 0 aromatic heterocycles. The minimum absolute atomic E-state index is 0.106. The fourth-order valence-electron chi connectivity index (χ4n) is 5.01. The number of hydrogen-bond donors (Lipinski definition) is 1. The third-order valence-electron chi connectivity index (χ3n) is 7.91. The number of hydrogen-bond acceptors (Lipinski definition) is 12. The Bertz CT molecular complexity index is 895. The van der Waals surface area contributed by atoms with Crippen LogP contribution in [0.1, 0.15) is 84.5 Å². The van der Waals surface area contributed by atoms with Gasteiger partial charge in [0, 0.05) is 19.2 Å². The molecule has 0 heterocycles. The third-order valence-corrected chi connectivity index (χ3v) is 7.91. The van der Waals surface area contributed by atoms with Crippen molar-refractivity contribution in [2.45, 2.75) is 84.5 Å². The minimum atomic E-state index is -0.106. The van der Waals surface area contributed by atoms with E-state index in [0.717, 1.165) is 24.5 Å². The van der Waals surface area contributed by atoms with E-state index in [2.05, 4.69) is 12.2 Å². The van der Waals surface area contributed by atoms with Gasteiger partial charge in [0.25, 0.3) is 0 Å². The van der Waals surface area contributed by atoms with E-state index in [1.165, 1.54) is 71.1 Å². The lowest BCUT2D eigenvalue weighted by molar-refractivity contribution is -0.114. The van der Waals surface area contributed by atoms with Crippen LogP contribution in [0, 0.1) is 0 Å². The van der Waals surface area contributed by atoms with Crippen LogP contribution < -0.4 is 10.1 Å². The molecule has 0 radical (unpaired) electrons. The zero-order chi connectivity index (χ0) is 38.7. The average molecular weight is 774 g/mol. The maximum atomic E-state index is 11.1. The van der Waals surface area contributed by atoms with E-state index < -0.39 is 0 Å². The van der Waals surface area contributed by atoms with Gasteiger partial charge in [-0.1, -0.05) is 71.1 Å². The molecule has 316 valence electrons. The van der Waals surface area contributed by atoms with Crippen LogP contribution in [-0.4, -0.2) is 145 Å². The van der Waals surface area contributed by atoms with Gasteiger partial charge >= 0.3 is 0 Å². The fraction of sp³-hybridized carbons (Fsp3) is 0.829. The Morgan fingerprint density at radius 3 is 0.981 bits per heavy atom. The highest BCUT2D eigenvalue weighted by atomic mass is 16.6. The van der Waals surface area contributed by atoms with Crippen molar-refractivity contribution < 1.29 is 56.9 Å². The molecular formula is C41H75NO12. The standard InChI is InChI=1S/C41H75NO12/c1-3-4-5-6-7-8-9-10-11-12-13-18-44-19-20-45-21-22-46-23-24-47-25-26-48-27-28-49-29-30-50-31-32-51-33-34-52-35-36-53-37-38-54-41-16-14-40(15-17-41)42-39(2)43/h14-17H,3-13,18-38H2,1-2H3,(H,42,43). The first-order valence-electron chi connectivity index (χ1n) is 20.5. The first kappa shape index (κ1) is 50.1. The molecule has 13 heteroatoms. The van der Waals surface area contributed by atoms with Gasteiger partial charge in [-0.3, -0.25) is 4.79 Å². The summed E-state index contributed by atoms with van der Waals surface area (Å²) in [4.78, 5) is 11.1. The molecule has 0 saturated carbocycles. The van der Waals surface area contributed by atoms with E-state index >= 15 is 0 Å². The number of unbranched alkanes of at least 4 members (excludes halogenated alkanes) is 10. The molecule has 54 heavy (non-hydrogen) atoms. The van der Waals surface area contributed by atoms with Crippen LogP contribution >= 0.6 is 0 Å². The molecule has 0 aliphatic rings. The number of nitrogens with one attached hydrogen (secondary N) is 1. The van der Waals surface area contributed by atoms with Gasteiger partial charge < -0.3 is 57.4 Å². The molecule has 1 aromatic rings. The summed E-state index contributed by atoms with van der Waals surface area (Å²) in [5.41, 5.74) is 0.734. The Balaban J connectivity index is 1.63. The molecule has 0 bridgehead atoms. The Hall–Kier alpha value is -1.91. The van der Waals surface area contributed by atoms with Gasteiger partial charge in [-0.15, -0.1) is 0 Å². The third kappa shape index (κ3) is 38.4. The number of ether oxygens (including phenoxy) is 11. The summed E-state index contributed by atoms with van der Waals surface area (Å²) in [5, 5.41) is 2.71. The second-order valence-electron chi connectivity index (χ2n) is 12.7. The minimum Gasteiger partial charge on any atom is -0.491 e. The van der Waals surface area contributed by atoms with Gasteiger partial charge in [-0.25, -0.2) is 0 Å². The summed E-state index contributed by atoms with van der Waals surface area (Å²) >= 11 is 0. The van der Waals surface area contributed by atoms with Crippen molar-refractivity contribution in [2.75, 3.05) is 144 Å². The molecule has 1 N–H and O–H groups in total. The molecular weight excluding hydrogens is 698 g/mol. The van der Waals surface area contributed by atoms with Crippen molar-refractivity contribution in [3.8, 4) is 5.75 Å². The normalized spacial score (nSPS) is 11.4. The summed E-state index contributed by atoms with van der Waals surface area (Å²) in [7, 11) is 0. The summed E-state index contributed by atoms with van der Waals surface area (Å²) in [6.45, 7) is 14.9. The van der Waals surface area contributed by atoms with Crippen LogP contribution in [0.5, 0.6) is 5.75 Å². The number of rotatable bonds is 44. The van der Waals surface area contributed by atoms with Crippen LogP contribution in [0.15, 0.2) is 24.3 Å². The van der Waals surface area contributed by atoms with Crippen molar-refractivity contribution in [1.82, 2.24) is 0 Å². The van der Waals surface area contributed by atoms with E-state index in [-0.39, 0.29) is 5.91 Å². The van der Waals surface area contributed by atoms with Crippen LogP contribution in [0.25, 0.3) is 0 Å². The van der Waals surface area contributed by atoms with Gasteiger partial charge in [-0.2, -0.15) is 0 Å². The van der Waals surface area contributed by atoms with Crippen molar-refractivity contribution in [3.05, 3.63) is 24.3 Å². The Kier molecular flexibility index (Phi) is 39.2. The van der Waals surface area contributed by atoms with Gasteiger partial charge in [0.15, 0.2) is 0 Å². The maximum absolute atomic E-state index is 11.1. The highest BCUT2D eigenvalue weighted by molar-refractivity contribution is 5.88. The first-order valence-corrected chi connectivity index (χ1v) is 20.5. The van der Waals surface area contributed by atoms with Gasteiger partial charge in [0.1, 0.15) is 12.4 Å². The van der Waals surface area contributed by atoms with Gasteiger partial charge in [-0.05, 0) is 30.7 Å². The molecule has 0 aliphatic heterocycles. The van der Waals surface area contributed by atoms with E-state index in [0.29, 0.717) is 132 Å². The van der Waals surface area contributed by atoms with E-state index in [9.17, 15) is 4.79 Å². The molecule has 1 amide bonds. The first-order chi connectivity index (χ1) is 26.7. The summed E-state index contributed by atoms with van der Waals surface area (Å²) in [5.74, 6) is 0.614. The van der Waals surface area contributed by atoms with Gasteiger partial charge in [0.05, 0.1) is 126 Å².